The van der Waals surface area contributed by atoms with Crippen molar-refractivity contribution in [2.45, 2.75) is 23.5 Å². The highest BCUT2D eigenvalue weighted by Gasteiger charge is 2.36. The number of amides is 2. The summed E-state index contributed by atoms with van der Waals surface area (Å²) in [5.74, 6) is 1.64. The number of likely N-dealkylation sites (tertiary alicyclic amines) is 1. The third-order valence-electron chi connectivity index (χ3n) is 6.56. The number of carbonyl (C=O) groups excluding carboxylic acids is 2. The van der Waals surface area contributed by atoms with E-state index < -0.39 is 0 Å². The number of thioether (sulfide) groups is 1. The summed E-state index contributed by atoms with van der Waals surface area (Å²) < 4.78 is 17.3. The van der Waals surface area contributed by atoms with Crippen molar-refractivity contribution in [3.8, 4) is 11.6 Å². The summed E-state index contributed by atoms with van der Waals surface area (Å²) in [6, 6.07) is 11.3. The standard InChI is InChI=1S/C25H25N5O5S/c1-33-16-3-4-20-19(9-16)24(27-14-26-20)34-17-6-7-29(10-17)11-18-12-30(25(32)35-18)15-2-5-22-21(8-15)28-23(31)13-36-22/h2-5,8-9,14,17-18H,6-7,10-13H2,1H3,(H,28,31). The SMILES string of the molecule is COc1ccc2ncnc(OC3CCN(CC4CN(c5ccc6c(c5)NC(=O)CS6)C(=O)O4)C3)c2c1. The fourth-order valence-corrected chi connectivity index (χ4v) is 5.59. The fraction of sp³-hybridized carbons (Fsp3) is 0.360. The fourth-order valence-electron chi connectivity index (χ4n) is 4.80. The predicted octanol–water partition coefficient (Wildman–Crippen LogP) is 3.16. The number of hydrogen-bond acceptors (Lipinski definition) is 9. The van der Waals surface area contributed by atoms with E-state index in [4.69, 9.17) is 14.2 Å². The van der Waals surface area contributed by atoms with Crippen molar-refractivity contribution >= 4 is 46.0 Å². The number of methoxy groups -OCH3 is 1. The molecule has 0 radical (unpaired) electrons. The zero-order valence-electron chi connectivity index (χ0n) is 19.7. The van der Waals surface area contributed by atoms with Gasteiger partial charge in [-0.25, -0.2) is 14.8 Å². The van der Waals surface area contributed by atoms with E-state index >= 15 is 0 Å². The van der Waals surface area contributed by atoms with Gasteiger partial charge < -0.3 is 19.5 Å². The van der Waals surface area contributed by atoms with Gasteiger partial charge >= 0.3 is 6.09 Å². The molecular formula is C25H25N5O5S. The Morgan fingerprint density at radius 2 is 2.08 bits per heavy atom. The molecule has 0 saturated carbocycles. The first-order valence-electron chi connectivity index (χ1n) is 11.8. The lowest BCUT2D eigenvalue weighted by Crippen LogP contribution is -2.34. The first-order chi connectivity index (χ1) is 17.6. The minimum atomic E-state index is -0.372. The second kappa shape index (κ2) is 9.47. The monoisotopic (exact) mass is 507 g/mol. The molecule has 2 amide bonds. The maximum atomic E-state index is 12.6. The average molecular weight is 508 g/mol. The highest BCUT2D eigenvalue weighted by atomic mass is 32.2. The van der Waals surface area contributed by atoms with Gasteiger partial charge in [-0.1, -0.05) is 0 Å². The number of aromatic nitrogens is 2. The maximum Gasteiger partial charge on any atom is 0.414 e. The smallest absolute Gasteiger partial charge is 0.414 e. The van der Waals surface area contributed by atoms with E-state index in [1.807, 2.05) is 36.4 Å². The number of ether oxygens (including phenoxy) is 3. The molecule has 186 valence electrons. The van der Waals surface area contributed by atoms with Crippen LogP contribution < -0.4 is 19.7 Å². The molecule has 1 N–H and O–H groups in total. The van der Waals surface area contributed by atoms with E-state index in [0.717, 1.165) is 45.9 Å². The number of benzene rings is 2. The summed E-state index contributed by atoms with van der Waals surface area (Å²) in [6.07, 6.45) is 1.71. The van der Waals surface area contributed by atoms with E-state index in [1.54, 1.807) is 12.0 Å². The lowest BCUT2D eigenvalue weighted by Gasteiger charge is -2.21. The molecule has 0 aliphatic carbocycles. The van der Waals surface area contributed by atoms with Crippen LogP contribution in [0.3, 0.4) is 0 Å². The average Bonchev–Trinajstić information content (AvgIpc) is 3.49. The van der Waals surface area contributed by atoms with Crippen LogP contribution in [-0.4, -0.2) is 78.1 Å². The first kappa shape index (κ1) is 22.9. The van der Waals surface area contributed by atoms with Crippen molar-refractivity contribution < 1.29 is 23.8 Å². The van der Waals surface area contributed by atoms with Gasteiger partial charge in [0.1, 0.15) is 24.3 Å². The Morgan fingerprint density at radius 1 is 1.17 bits per heavy atom. The van der Waals surface area contributed by atoms with Crippen LogP contribution in [0.4, 0.5) is 16.2 Å². The molecular weight excluding hydrogens is 482 g/mol. The van der Waals surface area contributed by atoms with Gasteiger partial charge in [-0.3, -0.25) is 14.6 Å². The summed E-state index contributed by atoms with van der Waals surface area (Å²) in [7, 11) is 1.62. The third kappa shape index (κ3) is 4.51. The van der Waals surface area contributed by atoms with Crippen molar-refractivity contribution in [2.24, 2.45) is 0 Å². The Kier molecular flexibility index (Phi) is 6.02. The molecule has 3 aromatic rings. The molecule has 2 unspecified atom stereocenters. The molecule has 2 atom stereocenters. The number of carbonyl (C=O) groups is 2. The van der Waals surface area contributed by atoms with Gasteiger partial charge in [0, 0.05) is 30.2 Å². The van der Waals surface area contributed by atoms with E-state index in [-0.39, 0.29) is 24.2 Å². The highest BCUT2D eigenvalue weighted by Crippen LogP contribution is 2.35. The molecule has 2 aromatic carbocycles. The quantitative estimate of drug-likeness (QED) is 0.538. The number of anilines is 2. The molecule has 4 heterocycles. The van der Waals surface area contributed by atoms with Gasteiger partial charge in [0.2, 0.25) is 11.8 Å². The van der Waals surface area contributed by atoms with E-state index in [2.05, 4.69) is 20.2 Å². The molecule has 0 spiro atoms. The van der Waals surface area contributed by atoms with Crippen molar-refractivity contribution in [1.29, 1.82) is 0 Å². The second-order valence-corrected chi connectivity index (χ2v) is 10.0. The molecule has 1 aromatic heterocycles. The van der Waals surface area contributed by atoms with Crippen LogP contribution in [0.25, 0.3) is 10.9 Å². The Bertz CT molecular complexity index is 1340. The van der Waals surface area contributed by atoms with Crippen LogP contribution in [0, 0.1) is 0 Å². The van der Waals surface area contributed by atoms with Crippen molar-refractivity contribution in [3.05, 3.63) is 42.7 Å². The topological polar surface area (TPSA) is 106 Å². The van der Waals surface area contributed by atoms with Crippen LogP contribution in [0.1, 0.15) is 6.42 Å². The predicted molar refractivity (Wildman–Crippen MR) is 135 cm³/mol. The molecule has 11 heteroatoms. The molecule has 36 heavy (non-hydrogen) atoms. The van der Waals surface area contributed by atoms with Gasteiger partial charge in [-0.2, -0.15) is 0 Å². The van der Waals surface area contributed by atoms with Crippen LogP contribution >= 0.6 is 11.8 Å². The van der Waals surface area contributed by atoms with E-state index in [1.165, 1.54) is 18.1 Å². The molecule has 2 saturated heterocycles. The van der Waals surface area contributed by atoms with Gasteiger partial charge in [-0.05, 0) is 42.8 Å². The number of hydrogen-bond donors (Lipinski definition) is 1. The van der Waals surface area contributed by atoms with Crippen LogP contribution in [-0.2, 0) is 9.53 Å². The summed E-state index contributed by atoms with van der Waals surface area (Å²) in [4.78, 5) is 37.9. The summed E-state index contributed by atoms with van der Waals surface area (Å²) in [5.41, 5.74) is 2.26. The number of nitrogens with zero attached hydrogens (tertiary/aromatic N) is 4. The third-order valence-corrected chi connectivity index (χ3v) is 7.63. The lowest BCUT2D eigenvalue weighted by atomic mass is 10.2. The second-order valence-electron chi connectivity index (χ2n) is 8.98. The number of rotatable bonds is 6. The molecule has 10 nitrogen and oxygen atoms in total. The van der Waals surface area contributed by atoms with Crippen LogP contribution in [0.5, 0.6) is 11.6 Å². The number of cyclic esters (lactones) is 1. The van der Waals surface area contributed by atoms with Crippen LogP contribution in [0.2, 0.25) is 0 Å². The molecule has 2 fully saturated rings. The zero-order valence-corrected chi connectivity index (χ0v) is 20.5. The van der Waals surface area contributed by atoms with Gasteiger partial charge in [0.05, 0.1) is 36.0 Å². The number of nitrogens with one attached hydrogen (secondary N) is 1. The Balaban J connectivity index is 1.08. The largest absolute Gasteiger partial charge is 0.497 e. The molecule has 6 rings (SSSR count). The van der Waals surface area contributed by atoms with Crippen LogP contribution in [0.15, 0.2) is 47.6 Å². The van der Waals surface area contributed by atoms with Crippen molar-refractivity contribution in [3.63, 3.8) is 0 Å². The summed E-state index contributed by atoms with van der Waals surface area (Å²) >= 11 is 1.49. The van der Waals surface area contributed by atoms with Gasteiger partial charge in [-0.15, -0.1) is 11.8 Å². The Labute approximate surface area is 211 Å². The van der Waals surface area contributed by atoms with Crippen molar-refractivity contribution in [1.82, 2.24) is 14.9 Å². The van der Waals surface area contributed by atoms with E-state index in [0.29, 0.717) is 31.3 Å². The first-order valence-corrected chi connectivity index (χ1v) is 12.8. The van der Waals surface area contributed by atoms with E-state index in [9.17, 15) is 9.59 Å². The zero-order chi connectivity index (χ0) is 24.6. The normalized spacial score (nSPS) is 21.9. The summed E-state index contributed by atoms with van der Waals surface area (Å²) in [6.45, 7) is 2.63. The molecule has 0 bridgehead atoms. The Hall–Kier alpha value is -3.57. The Morgan fingerprint density at radius 3 is 2.97 bits per heavy atom. The minimum Gasteiger partial charge on any atom is -0.497 e. The highest BCUT2D eigenvalue weighted by molar-refractivity contribution is 8.00. The number of fused-ring (bicyclic) bond motifs is 2. The summed E-state index contributed by atoms with van der Waals surface area (Å²) in [5, 5.41) is 3.69. The molecule has 3 aliphatic rings. The van der Waals surface area contributed by atoms with Gasteiger partial charge in [0.15, 0.2) is 0 Å². The molecule has 3 aliphatic heterocycles. The minimum absolute atomic E-state index is 0.0238. The maximum absolute atomic E-state index is 12.6. The lowest BCUT2D eigenvalue weighted by molar-refractivity contribution is -0.113. The van der Waals surface area contributed by atoms with Gasteiger partial charge in [0.25, 0.3) is 0 Å². The van der Waals surface area contributed by atoms with Crippen molar-refractivity contribution in [2.75, 3.05) is 49.3 Å².